The molecule has 0 rings (SSSR count). The fraction of sp³-hybridized carbons (Fsp3) is 0.500. The molecule has 4 heteroatoms. The normalized spacial score (nSPS) is 7.67. The van der Waals surface area contributed by atoms with Gasteiger partial charge < -0.3 is 0 Å². The van der Waals surface area contributed by atoms with Crippen LogP contribution in [0.4, 0.5) is 0 Å². The van der Waals surface area contributed by atoms with E-state index in [1.165, 1.54) is 6.92 Å². The molecule has 0 aliphatic rings. The Morgan fingerprint density at radius 1 is 2.00 bits per heavy atom. The van der Waals surface area contributed by atoms with Gasteiger partial charge in [-0.1, -0.05) is 0 Å². The van der Waals surface area contributed by atoms with Crippen molar-refractivity contribution >= 4 is 35.3 Å². The second-order valence-corrected chi connectivity index (χ2v) is 2.73. The zero-order valence-electron chi connectivity index (χ0n) is 3.19. The Hall–Kier alpha value is 0.559. The molecule has 0 aromatic rings. The summed E-state index contributed by atoms with van der Waals surface area (Å²) in [5, 5.41) is 0. The van der Waals surface area contributed by atoms with Gasteiger partial charge in [0.1, 0.15) is 0 Å². The summed E-state index contributed by atoms with van der Waals surface area (Å²) >= 11 is -1.23. The van der Waals surface area contributed by atoms with Crippen molar-refractivity contribution in [2.75, 3.05) is 0 Å². The predicted octanol–water partition coefficient (Wildman–Crippen LogP) is 0.323. The Morgan fingerprint density at radius 2 is 2.50 bits per heavy atom. The van der Waals surface area contributed by atoms with Crippen LogP contribution in [0.1, 0.15) is 6.92 Å². The van der Waals surface area contributed by atoms with Gasteiger partial charge in [0, 0.05) is 0 Å². The van der Waals surface area contributed by atoms with Gasteiger partial charge in [-0.15, -0.1) is 0 Å². The third-order valence-electron chi connectivity index (χ3n) is 0.182. The molecule has 0 saturated carbocycles. The van der Waals surface area contributed by atoms with E-state index in [-0.39, 0.29) is 5.97 Å². The first kappa shape index (κ1) is 6.56. The Balaban J connectivity index is 2.83. The van der Waals surface area contributed by atoms with Crippen LogP contribution in [0.25, 0.3) is 0 Å². The molecule has 0 aliphatic heterocycles. The first-order valence-corrected chi connectivity index (χ1v) is 6.08. The van der Waals surface area contributed by atoms with Gasteiger partial charge in [-0.25, -0.2) is 0 Å². The van der Waals surface area contributed by atoms with Crippen LogP contribution in [0.2, 0.25) is 0 Å². The molecule has 0 amide bonds. The van der Waals surface area contributed by atoms with E-state index in [1.807, 2.05) is 0 Å². The summed E-state index contributed by atoms with van der Waals surface area (Å²) < 4.78 is 4.34. The van der Waals surface area contributed by atoms with Crippen LogP contribution in [-0.2, 0) is 7.87 Å². The predicted molar refractivity (Wildman–Crippen MR) is 23.4 cm³/mol. The molecule has 0 unspecified atom stereocenters. The molecule has 0 N–H and O–H groups in total. The number of carbonyl (C=O) groups is 1. The van der Waals surface area contributed by atoms with Crippen molar-refractivity contribution in [2.45, 2.75) is 6.92 Å². The van der Waals surface area contributed by atoms with Crippen molar-refractivity contribution < 1.29 is 7.87 Å². The van der Waals surface area contributed by atoms with E-state index in [4.69, 9.17) is 8.92 Å². The van der Waals surface area contributed by atoms with Crippen LogP contribution in [0.3, 0.4) is 0 Å². The molecule has 2 radical (unpaired) electrons. The number of hydrogen-bond acceptors (Lipinski definition) is 2. The fourth-order valence-corrected chi connectivity index (χ4v) is 1.09. The van der Waals surface area contributed by atoms with Gasteiger partial charge in [-0.2, -0.15) is 0 Å². The summed E-state index contributed by atoms with van der Waals surface area (Å²) in [7, 11) is 5.12. The zero-order valence-corrected chi connectivity index (χ0v) is 6.80. The summed E-state index contributed by atoms with van der Waals surface area (Å²) in [5.41, 5.74) is 0. The average Bonchev–Trinajstić information content (AvgIpc) is 1.35. The van der Waals surface area contributed by atoms with E-state index in [9.17, 15) is 4.79 Å². The number of hydrogen-bond donors (Lipinski definition) is 0. The molecule has 0 heterocycles. The van der Waals surface area contributed by atoms with E-state index in [2.05, 4.69) is 3.07 Å². The van der Waals surface area contributed by atoms with Crippen LogP contribution in [-0.4, -0.2) is 26.4 Å². The van der Waals surface area contributed by atoms with Crippen molar-refractivity contribution in [2.24, 2.45) is 0 Å². The van der Waals surface area contributed by atoms with E-state index in [0.29, 0.717) is 0 Å². The third kappa shape index (κ3) is 4.56. The summed E-state index contributed by atoms with van der Waals surface area (Å²) in [6, 6.07) is 0. The van der Waals surface area contributed by atoms with Gasteiger partial charge in [0.25, 0.3) is 0 Å². The fourth-order valence-electron chi connectivity index (χ4n) is 0.0543. The second kappa shape index (κ2) is 3.74. The standard InChI is InChI=1S/C2H4O2.ClH.Sn/c1-2(3)4;;/h1H3,(H,3,4);1H;/q;;+2/p-2. The van der Waals surface area contributed by atoms with Gasteiger partial charge in [0.15, 0.2) is 0 Å². The Kier molecular flexibility index (Phi) is 4.09. The summed E-state index contributed by atoms with van der Waals surface area (Å²) in [5.74, 6) is -0.267. The third-order valence-corrected chi connectivity index (χ3v) is 1.74. The molecular formula is C2H3ClO2Sn. The van der Waals surface area contributed by atoms with Crippen molar-refractivity contribution in [3.05, 3.63) is 0 Å². The molecule has 0 fully saturated rings. The topological polar surface area (TPSA) is 26.3 Å². The van der Waals surface area contributed by atoms with Crippen molar-refractivity contribution in [3.63, 3.8) is 0 Å². The average molecular weight is 213 g/mol. The van der Waals surface area contributed by atoms with Gasteiger partial charge in [0.2, 0.25) is 0 Å². The van der Waals surface area contributed by atoms with Crippen molar-refractivity contribution in [3.8, 4) is 0 Å². The zero-order chi connectivity index (χ0) is 4.99. The first-order chi connectivity index (χ1) is 2.77. The van der Waals surface area contributed by atoms with Crippen LogP contribution in [0.15, 0.2) is 0 Å². The minimum atomic E-state index is -1.23. The van der Waals surface area contributed by atoms with Crippen molar-refractivity contribution in [1.29, 1.82) is 0 Å². The van der Waals surface area contributed by atoms with Gasteiger partial charge in [0.05, 0.1) is 0 Å². The van der Waals surface area contributed by atoms with E-state index in [0.717, 1.165) is 0 Å². The van der Waals surface area contributed by atoms with Gasteiger partial charge in [-0.3, -0.25) is 0 Å². The monoisotopic (exact) mass is 214 g/mol. The molecule has 34 valence electrons. The van der Waals surface area contributed by atoms with Gasteiger partial charge >= 0.3 is 50.1 Å². The molecule has 0 aromatic carbocycles. The van der Waals surface area contributed by atoms with E-state index in [1.54, 1.807) is 0 Å². The van der Waals surface area contributed by atoms with Crippen molar-refractivity contribution in [1.82, 2.24) is 0 Å². The second-order valence-electron chi connectivity index (χ2n) is 0.671. The maximum atomic E-state index is 9.78. The molecule has 0 aromatic heterocycles. The Labute approximate surface area is 50.3 Å². The quantitative estimate of drug-likeness (QED) is 0.586. The summed E-state index contributed by atoms with van der Waals surface area (Å²) in [4.78, 5) is 9.78. The molecule has 0 saturated heterocycles. The van der Waals surface area contributed by atoms with Crippen LogP contribution in [0.5, 0.6) is 0 Å². The molecule has 0 aliphatic carbocycles. The summed E-state index contributed by atoms with van der Waals surface area (Å²) in [6.07, 6.45) is 0. The van der Waals surface area contributed by atoms with Crippen LogP contribution in [0, 0.1) is 0 Å². The number of rotatable bonds is 1. The first-order valence-electron chi connectivity index (χ1n) is 1.30. The van der Waals surface area contributed by atoms with E-state index >= 15 is 0 Å². The van der Waals surface area contributed by atoms with Gasteiger partial charge in [-0.05, 0) is 0 Å². The molecule has 0 atom stereocenters. The summed E-state index contributed by atoms with van der Waals surface area (Å²) in [6.45, 7) is 1.35. The number of carbonyl (C=O) groups excluding carboxylic acids is 1. The van der Waals surface area contributed by atoms with E-state index < -0.39 is 20.4 Å². The SMILES string of the molecule is CC(=O)[O][Sn][Cl]. The molecule has 0 bridgehead atoms. The number of halogens is 1. The van der Waals surface area contributed by atoms with Crippen LogP contribution < -0.4 is 0 Å². The molecule has 6 heavy (non-hydrogen) atoms. The molecular weight excluding hydrogens is 210 g/mol. The Morgan fingerprint density at radius 3 is 2.50 bits per heavy atom. The molecule has 2 nitrogen and oxygen atoms in total. The van der Waals surface area contributed by atoms with Crippen LogP contribution >= 0.6 is 8.92 Å². The molecule has 0 spiro atoms. The maximum absolute atomic E-state index is 9.78. The Bertz CT molecular complexity index is 55.5. The minimum absolute atomic E-state index is 0.267.